The van der Waals surface area contributed by atoms with E-state index >= 15 is 0 Å². The number of hydrogen-bond acceptors (Lipinski definition) is 4. The molecule has 1 aliphatic carbocycles. The van der Waals surface area contributed by atoms with Gasteiger partial charge in [0.1, 0.15) is 0 Å². The first kappa shape index (κ1) is 29.7. The van der Waals surface area contributed by atoms with Crippen molar-refractivity contribution in [3.63, 3.8) is 0 Å². The summed E-state index contributed by atoms with van der Waals surface area (Å²) in [4.78, 5) is 23.3. The van der Waals surface area contributed by atoms with Crippen molar-refractivity contribution in [3.05, 3.63) is 12.3 Å². The first-order valence-corrected chi connectivity index (χ1v) is 12.2. The summed E-state index contributed by atoms with van der Waals surface area (Å²) < 4.78 is 5.16. The summed E-state index contributed by atoms with van der Waals surface area (Å²) in [6.45, 7) is 2.26. The van der Waals surface area contributed by atoms with Crippen LogP contribution in [-0.4, -0.2) is 11.9 Å². The standard InChI is InChI=1S/C25H44O4.Na/c1-2-3-4-5-6-7-8-9-10-11-12-13-14-15-18-21-29-25(28)23-20-17-16-19-22(23)24(26)27;/h18,21-23H,2-17,19-20H2,1H3,(H,26,27);/q;+1/p-1/b21-18+;. The largest absolute Gasteiger partial charge is 1.00 e. The number of ether oxygens (including phenoxy) is 1. The summed E-state index contributed by atoms with van der Waals surface area (Å²) in [6.07, 6.45) is 24.4. The molecule has 5 heteroatoms. The van der Waals surface area contributed by atoms with E-state index in [1.165, 1.54) is 83.3 Å². The molecular weight excluding hydrogens is 387 g/mol. The fourth-order valence-electron chi connectivity index (χ4n) is 4.25. The quantitative estimate of drug-likeness (QED) is 0.154. The van der Waals surface area contributed by atoms with E-state index in [0.717, 1.165) is 25.7 Å². The van der Waals surface area contributed by atoms with Gasteiger partial charge in [-0.05, 0) is 31.8 Å². The number of hydrogen-bond donors (Lipinski definition) is 0. The monoisotopic (exact) mass is 430 g/mol. The van der Waals surface area contributed by atoms with Gasteiger partial charge in [-0.15, -0.1) is 0 Å². The second-order valence-electron chi connectivity index (χ2n) is 8.66. The Morgan fingerprint density at radius 3 is 1.77 bits per heavy atom. The summed E-state index contributed by atoms with van der Waals surface area (Å²) in [5.74, 6) is -2.77. The number of carbonyl (C=O) groups excluding carboxylic acids is 2. The van der Waals surface area contributed by atoms with Crippen LogP contribution in [0.2, 0.25) is 0 Å². The molecule has 0 bridgehead atoms. The third-order valence-corrected chi connectivity index (χ3v) is 6.13. The van der Waals surface area contributed by atoms with Crippen LogP contribution < -0.4 is 34.7 Å². The number of carboxylic acid groups (broad SMARTS) is 1. The van der Waals surface area contributed by atoms with Crippen LogP contribution in [0, 0.1) is 11.8 Å². The van der Waals surface area contributed by atoms with Crippen molar-refractivity contribution < 1.29 is 49.0 Å². The van der Waals surface area contributed by atoms with Crippen molar-refractivity contribution >= 4 is 11.9 Å². The van der Waals surface area contributed by atoms with Crippen LogP contribution in [0.15, 0.2) is 12.3 Å². The first-order chi connectivity index (χ1) is 14.2. The van der Waals surface area contributed by atoms with E-state index in [9.17, 15) is 14.7 Å². The minimum absolute atomic E-state index is 0. The van der Waals surface area contributed by atoms with Gasteiger partial charge in [0, 0.05) is 11.9 Å². The fourth-order valence-corrected chi connectivity index (χ4v) is 4.25. The normalized spacial score (nSPS) is 18.8. The molecule has 168 valence electrons. The Hall–Kier alpha value is -0.320. The average Bonchev–Trinajstić information content (AvgIpc) is 2.73. The molecule has 4 nitrogen and oxygen atoms in total. The van der Waals surface area contributed by atoms with Crippen LogP contribution >= 0.6 is 0 Å². The van der Waals surface area contributed by atoms with Crippen molar-refractivity contribution in [1.82, 2.24) is 0 Å². The molecule has 0 aliphatic heterocycles. The number of rotatable bonds is 17. The van der Waals surface area contributed by atoms with Crippen molar-refractivity contribution in [2.75, 3.05) is 0 Å². The predicted octanol–water partition coefficient (Wildman–Crippen LogP) is 3.08. The number of unbranched alkanes of at least 4 members (excludes halogenated alkanes) is 13. The van der Waals surface area contributed by atoms with Gasteiger partial charge in [0.2, 0.25) is 0 Å². The number of aliphatic carboxylic acids is 1. The predicted molar refractivity (Wildman–Crippen MR) is 116 cm³/mol. The summed E-state index contributed by atoms with van der Waals surface area (Å²) in [5, 5.41) is 11.2. The smallest absolute Gasteiger partial charge is 0.550 e. The Morgan fingerprint density at radius 1 is 0.800 bits per heavy atom. The summed E-state index contributed by atoms with van der Waals surface area (Å²) in [5.41, 5.74) is 0. The third kappa shape index (κ3) is 14.6. The van der Waals surface area contributed by atoms with Gasteiger partial charge in [-0.25, -0.2) is 0 Å². The van der Waals surface area contributed by atoms with Crippen LogP contribution in [-0.2, 0) is 14.3 Å². The van der Waals surface area contributed by atoms with E-state index in [0.29, 0.717) is 12.8 Å². The molecule has 0 heterocycles. The van der Waals surface area contributed by atoms with Gasteiger partial charge >= 0.3 is 35.5 Å². The number of carbonyl (C=O) groups is 2. The van der Waals surface area contributed by atoms with Gasteiger partial charge in [0.15, 0.2) is 0 Å². The SMILES string of the molecule is CCCCCCCCCCCCCCC/C=C/OC(=O)C1CCCCC1C(=O)[O-].[Na+]. The van der Waals surface area contributed by atoms with E-state index in [2.05, 4.69) is 6.92 Å². The maximum Gasteiger partial charge on any atom is 1.00 e. The third-order valence-electron chi connectivity index (χ3n) is 6.13. The van der Waals surface area contributed by atoms with E-state index in [1.54, 1.807) is 0 Å². The number of esters is 1. The molecule has 0 aromatic rings. The van der Waals surface area contributed by atoms with Gasteiger partial charge < -0.3 is 14.6 Å². The molecule has 0 radical (unpaired) electrons. The van der Waals surface area contributed by atoms with Crippen molar-refractivity contribution in [3.8, 4) is 0 Å². The van der Waals surface area contributed by atoms with E-state index in [4.69, 9.17) is 4.74 Å². The zero-order valence-corrected chi connectivity index (χ0v) is 21.7. The molecule has 1 saturated carbocycles. The average molecular weight is 431 g/mol. The molecule has 0 aromatic carbocycles. The fraction of sp³-hybridized carbons (Fsp3) is 0.840. The van der Waals surface area contributed by atoms with Crippen LogP contribution in [0.25, 0.3) is 0 Å². The zero-order chi connectivity index (χ0) is 21.2. The second-order valence-corrected chi connectivity index (χ2v) is 8.66. The van der Waals surface area contributed by atoms with Crippen LogP contribution in [0.1, 0.15) is 122 Å². The van der Waals surface area contributed by atoms with Crippen molar-refractivity contribution in [2.24, 2.45) is 11.8 Å². The maximum absolute atomic E-state index is 12.1. The maximum atomic E-state index is 12.1. The Balaban J connectivity index is 0.00000841. The minimum Gasteiger partial charge on any atom is -0.550 e. The number of allylic oxidation sites excluding steroid dienone is 1. The number of carboxylic acids is 1. The van der Waals surface area contributed by atoms with Crippen LogP contribution in [0.4, 0.5) is 0 Å². The summed E-state index contributed by atoms with van der Waals surface area (Å²) in [7, 11) is 0. The van der Waals surface area contributed by atoms with Gasteiger partial charge in [0.25, 0.3) is 0 Å². The molecule has 2 unspecified atom stereocenters. The molecule has 1 aliphatic rings. The first-order valence-electron chi connectivity index (χ1n) is 12.2. The van der Waals surface area contributed by atoms with Gasteiger partial charge in [-0.2, -0.15) is 0 Å². The van der Waals surface area contributed by atoms with Crippen molar-refractivity contribution in [1.29, 1.82) is 0 Å². The molecule has 0 saturated heterocycles. The van der Waals surface area contributed by atoms with Crippen molar-refractivity contribution in [2.45, 2.75) is 122 Å². The Morgan fingerprint density at radius 2 is 1.27 bits per heavy atom. The summed E-state index contributed by atoms with van der Waals surface area (Å²) in [6, 6.07) is 0. The van der Waals surface area contributed by atoms with Crippen LogP contribution in [0.5, 0.6) is 0 Å². The van der Waals surface area contributed by atoms with Crippen LogP contribution in [0.3, 0.4) is 0 Å². The topological polar surface area (TPSA) is 66.4 Å². The van der Waals surface area contributed by atoms with E-state index in [1.807, 2.05) is 6.08 Å². The molecule has 30 heavy (non-hydrogen) atoms. The molecule has 2 atom stereocenters. The molecule has 0 spiro atoms. The summed E-state index contributed by atoms with van der Waals surface area (Å²) >= 11 is 0. The Bertz CT molecular complexity index is 464. The minimum atomic E-state index is -1.12. The van der Waals surface area contributed by atoms with Gasteiger partial charge in [-0.1, -0.05) is 96.8 Å². The van der Waals surface area contributed by atoms with Gasteiger partial charge in [-0.3, -0.25) is 4.79 Å². The molecule has 0 aromatic heterocycles. The Kier molecular flexibility index (Phi) is 20.4. The van der Waals surface area contributed by atoms with E-state index < -0.39 is 23.8 Å². The Labute approximate surface area is 206 Å². The van der Waals surface area contributed by atoms with E-state index in [-0.39, 0.29) is 29.6 Å². The molecule has 0 amide bonds. The zero-order valence-electron chi connectivity index (χ0n) is 19.7. The molecule has 0 N–H and O–H groups in total. The molecule has 1 fully saturated rings. The van der Waals surface area contributed by atoms with Gasteiger partial charge in [0.05, 0.1) is 12.2 Å². The molecule has 1 rings (SSSR count). The second kappa shape index (κ2) is 20.6. The molecular formula is C25H43NaO4.